The molecule has 0 saturated heterocycles. The Bertz CT molecular complexity index is 1120. The number of carbonyl (C=O) groups is 3. The van der Waals surface area contributed by atoms with Gasteiger partial charge in [-0.3, -0.25) is 9.59 Å². The first-order chi connectivity index (χ1) is 15.5. The minimum absolute atomic E-state index is 0.0278. The van der Waals surface area contributed by atoms with E-state index in [0.717, 1.165) is 16.8 Å². The molecule has 3 aliphatic heterocycles. The minimum Gasteiger partial charge on any atom is -0.491 e. The number of urea groups is 1. The van der Waals surface area contributed by atoms with Crippen LogP contribution in [0.3, 0.4) is 0 Å². The predicted octanol–water partition coefficient (Wildman–Crippen LogP) is 1.21. The molecule has 3 aliphatic rings. The summed E-state index contributed by atoms with van der Waals surface area (Å²) < 4.78 is 16.9. The summed E-state index contributed by atoms with van der Waals surface area (Å²) in [7, 11) is 0. The number of amides is 3. The molecule has 10 nitrogen and oxygen atoms in total. The van der Waals surface area contributed by atoms with Crippen molar-refractivity contribution in [2.75, 3.05) is 37.9 Å². The number of hydrogen-bond donors (Lipinski definition) is 3. The van der Waals surface area contributed by atoms with Crippen LogP contribution >= 0.6 is 0 Å². The molecule has 2 aromatic rings. The van der Waals surface area contributed by atoms with Crippen LogP contribution in [0.25, 0.3) is 0 Å². The molecule has 3 heterocycles. The molecule has 0 fully saturated rings. The first-order valence-electron chi connectivity index (χ1n) is 10.2. The third-order valence-corrected chi connectivity index (χ3v) is 5.89. The van der Waals surface area contributed by atoms with Crippen molar-refractivity contribution in [2.24, 2.45) is 0 Å². The van der Waals surface area contributed by atoms with E-state index in [9.17, 15) is 14.4 Å². The van der Waals surface area contributed by atoms with Crippen molar-refractivity contribution in [3.63, 3.8) is 0 Å². The van der Waals surface area contributed by atoms with Crippen molar-refractivity contribution < 1.29 is 33.7 Å². The quantitative estimate of drug-likeness (QED) is 0.618. The van der Waals surface area contributed by atoms with Crippen LogP contribution in [0.1, 0.15) is 17.5 Å². The smallest absolute Gasteiger partial charge is 0.314 e. The highest BCUT2D eigenvalue weighted by molar-refractivity contribution is 6.11. The molecule has 5 rings (SSSR count). The van der Waals surface area contributed by atoms with Crippen LogP contribution in [-0.2, 0) is 15.0 Å². The first kappa shape index (κ1) is 20.0. The van der Waals surface area contributed by atoms with Crippen molar-refractivity contribution in [2.45, 2.75) is 11.8 Å². The largest absolute Gasteiger partial charge is 0.491 e. The van der Waals surface area contributed by atoms with Crippen molar-refractivity contribution >= 4 is 23.6 Å². The standard InChI is InChI=1S/C22H21N3O7/c26-19(27)5-6-23-21(29)24-7-8-25-15-4-2-1-3-13(15)22(20(25)28)11-30-16-10-18-17(9-14(16)22)31-12-32-18/h1-4,9-10H,5-8,11-12H2,(H,26,27)(H2,23,24,29). The molecule has 0 saturated carbocycles. The molecule has 0 aliphatic carbocycles. The Morgan fingerprint density at radius 2 is 1.75 bits per heavy atom. The fraction of sp³-hybridized carbons (Fsp3) is 0.318. The Morgan fingerprint density at radius 1 is 1.00 bits per heavy atom. The van der Waals surface area contributed by atoms with Gasteiger partial charge in [0.15, 0.2) is 11.5 Å². The summed E-state index contributed by atoms with van der Waals surface area (Å²) in [6, 6.07) is 10.6. The van der Waals surface area contributed by atoms with Gasteiger partial charge in [-0.1, -0.05) is 18.2 Å². The van der Waals surface area contributed by atoms with E-state index < -0.39 is 17.4 Å². The zero-order valence-corrected chi connectivity index (χ0v) is 17.1. The van der Waals surface area contributed by atoms with E-state index in [1.54, 1.807) is 11.0 Å². The molecule has 0 radical (unpaired) electrons. The Balaban J connectivity index is 1.37. The summed E-state index contributed by atoms with van der Waals surface area (Å²) in [5, 5.41) is 13.8. The van der Waals surface area contributed by atoms with E-state index in [1.165, 1.54) is 0 Å². The lowest BCUT2D eigenvalue weighted by Gasteiger charge is -2.23. The Labute approximate surface area is 183 Å². The summed E-state index contributed by atoms with van der Waals surface area (Å²) in [5.41, 5.74) is 1.35. The molecule has 0 aromatic heterocycles. The van der Waals surface area contributed by atoms with Gasteiger partial charge in [-0.25, -0.2) is 4.79 Å². The van der Waals surface area contributed by atoms with Gasteiger partial charge in [0, 0.05) is 37.0 Å². The summed E-state index contributed by atoms with van der Waals surface area (Å²) in [6.07, 6.45) is -0.161. The van der Waals surface area contributed by atoms with Gasteiger partial charge in [-0.15, -0.1) is 0 Å². The topological polar surface area (TPSA) is 126 Å². The molecule has 3 N–H and O–H groups in total. The number of carbonyl (C=O) groups excluding carboxylic acids is 2. The maximum atomic E-state index is 13.8. The lowest BCUT2D eigenvalue weighted by atomic mass is 9.77. The van der Waals surface area contributed by atoms with Crippen LogP contribution in [0.15, 0.2) is 36.4 Å². The number of aliphatic carboxylic acids is 1. The van der Waals surface area contributed by atoms with Gasteiger partial charge < -0.3 is 34.9 Å². The van der Waals surface area contributed by atoms with Crippen LogP contribution in [0.4, 0.5) is 10.5 Å². The van der Waals surface area contributed by atoms with Gasteiger partial charge in [-0.2, -0.15) is 0 Å². The second kappa shape index (κ2) is 7.63. The number of nitrogens with zero attached hydrogens (tertiary/aromatic N) is 1. The van der Waals surface area contributed by atoms with Gasteiger partial charge >= 0.3 is 12.0 Å². The van der Waals surface area contributed by atoms with E-state index >= 15 is 0 Å². The van der Waals surface area contributed by atoms with Gasteiger partial charge in [0.2, 0.25) is 12.7 Å². The van der Waals surface area contributed by atoms with E-state index in [4.69, 9.17) is 19.3 Å². The first-order valence-corrected chi connectivity index (χ1v) is 10.2. The highest BCUT2D eigenvalue weighted by Crippen LogP contribution is 2.54. The summed E-state index contributed by atoms with van der Waals surface area (Å²) in [6.45, 7) is 0.774. The molecular formula is C22H21N3O7. The van der Waals surface area contributed by atoms with E-state index in [-0.39, 0.29) is 45.4 Å². The van der Waals surface area contributed by atoms with Gasteiger partial charge in [0.25, 0.3) is 0 Å². The number of para-hydroxylation sites is 1. The average molecular weight is 439 g/mol. The highest BCUT2D eigenvalue weighted by atomic mass is 16.7. The maximum absolute atomic E-state index is 13.8. The van der Waals surface area contributed by atoms with Crippen molar-refractivity contribution in [1.82, 2.24) is 10.6 Å². The zero-order valence-electron chi connectivity index (χ0n) is 17.1. The molecule has 1 atom stereocenters. The number of carboxylic acids is 1. The molecule has 3 amide bonds. The van der Waals surface area contributed by atoms with Gasteiger partial charge in [-0.05, 0) is 17.7 Å². The SMILES string of the molecule is O=C(O)CCNC(=O)NCCN1C(=O)C2(COc3cc4c(cc32)OCO4)c2ccccc21. The zero-order chi connectivity index (χ0) is 22.3. The predicted molar refractivity (Wildman–Crippen MR) is 111 cm³/mol. The number of nitrogens with one attached hydrogen (secondary N) is 2. The number of hydrogen-bond acceptors (Lipinski definition) is 6. The lowest BCUT2D eigenvalue weighted by Crippen LogP contribution is -2.46. The molecule has 0 bridgehead atoms. The highest BCUT2D eigenvalue weighted by Gasteiger charge is 2.57. The van der Waals surface area contributed by atoms with Gasteiger partial charge in [0.1, 0.15) is 17.8 Å². The van der Waals surface area contributed by atoms with Crippen LogP contribution < -0.4 is 29.7 Å². The van der Waals surface area contributed by atoms with Crippen molar-refractivity contribution in [3.8, 4) is 17.2 Å². The Kier molecular flexibility index (Phi) is 4.76. The Hall–Kier alpha value is -3.95. The number of rotatable bonds is 6. The van der Waals surface area contributed by atoms with Crippen LogP contribution in [-0.4, -0.2) is 56.0 Å². The second-order valence-electron chi connectivity index (χ2n) is 7.70. The van der Waals surface area contributed by atoms with Gasteiger partial charge in [0.05, 0.1) is 6.42 Å². The van der Waals surface area contributed by atoms with Crippen LogP contribution in [0, 0.1) is 0 Å². The number of carboxylic acid groups (broad SMARTS) is 1. The van der Waals surface area contributed by atoms with Crippen molar-refractivity contribution in [1.29, 1.82) is 0 Å². The van der Waals surface area contributed by atoms with Crippen LogP contribution in [0.5, 0.6) is 17.2 Å². The average Bonchev–Trinajstić information content (AvgIpc) is 3.44. The lowest BCUT2D eigenvalue weighted by molar-refractivity contribution is -0.136. The second-order valence-corrected chi connectivity index (χ2v) is 7.70. The fourth-order valence-electron chi connectivity index (χ4n) is 4.41. The molecule has 166 valence electrons. The van der Waals surface area contributed by atoms with E-state index in [2.05, 4.69) is 10.6 Å². The summed E-state index contributed by atoms with van der Waals surface area (Å²) in [4.78, 5) is 37.8. The number of ether oxygens (including phenoxy) is 3. The maximum Gasteiger partial charge on any atom is 0.314 e. The number of fused-ring (bicyclic) bond motifs is 5. The summed E-state index contributed by atoms with van der Waals surface area (Å²) >= 11 is 0. The minimum atomic E-state index is -0.989. The molecule has 2 aromatic carbocycles. The normalized spacial score (nSPS) is 19.5. The molecule has 10 heteroatoms. The molecule has 1 spiro atoms. The monoisotopic (exact) mass is 439 g/mol. The van der Waals surface area contributed by atoms with E-state index in [1.807, 2.05) is 30.3 Å². The van der Waals surface area contributed by atoms with Crippen LogP contribution in [0.2, 0.25) is 0 Å². The number of benzene rings is 2. The third kappa shape index (κ3) is 3.06. The third-order valence-electron chi connectivity index (χ3n) is 5.89. The molecule has 1 unspecified atom stereocenters. The Morgan fingerprint density at radius 3 is 2.56 bits per heavy atom. The number of anilines is 1. The van der Waals surface area contributed by atoms with E-state index in [0.29, 0.717) is 17.2 Å². The summed E-state index contributed by atoms with van der Waals surface area (Å²) in [5.74, 6) is 0.641. The molecule has 32 heavy (non-hydrogen) atoms. The van der Waals surface area contributed by atoms with Crippen molar-refractivity contribution in [3.05, 3.63) is 47.5 Å². The molecular weight excluding hydrogens is 418 g/mol. The fourth-order valence-corrected chi connectivity index (χ4v) is 4.41.